The summed E-state index contributed by atoms with van der Waals surface area (Å²) in [6.07, 6.45) is 0. The molecule has 0 aromatic heterocycles. The summed E-state index contributed by atoms with van der Waals surface area (Å²) in [5.74, 6) is -4.43. The largest absolute Gasteiger partial charge is 0.545 e. The summed E-state index contributed by atoms with van der Waals surface area (Å²) in [5, 5.41) is 34.6. The van der Waals surface area contributed by atoms with E-state index in [1.807, 2.05) is 24.3 Å². The van der Waals surface area contributed by atoms with Crippen LogP contribution in [0.5, 0.6) is 0 Å². The van der Waals surface area contributed by atoms with Crippen LogP contribution < -0.4 is 16.6 Å². The topological polar surface area (TPSA) is 189 Å². The zero-order valence-corrected chi connectivity index (χ0v) is 13.3. The van der Waals surface area contributed by atoms with Crippen LogP contribution in [0.1, 0.15) is 31.1 Å². The Morgan fingerprint density at radius 3 is 1.52 bits per heavy atom. The summed E-state index contributed by atoms with van der Waals surface area (Å²) in [5.41, 5.74) is 9.60. The molecule has 0 radical (unpaired) electrons. The first-order valence-electron chi connectivity index (χ1n) is 6.66. The van der Waals surface area contributed by atoms with Crippen molar-refractivity contribution in [1.29, 1.82) is 0 Å². The molecule has 0 heterocycles. The number of aromatic carboxylic acids is 3. The number of aliphatic hydroxyl groups excluding tert-OH is 1. The van der Waals surface area contributed by atoms with Crippen LogP contribution in [-0.2, 0) is 0 Å². The highest BCUT2D eigenvalue weighted by molar-refractivity contribution is 5.98. The maximum absolute atomic E-state index is 10.5. The van der Waals surface area contributed by atoms with Crippen LogP contribution in [0.4, 0.5) is 11.4 Å². The third-order valence-electron chi connectivity index (χ3n) is 2.64. The fourth-order valence-corrected chi connectivity index (χ4v) is 1.51. The van der Waals surface area contributed by atoms with E-state index in [1.54, 1.807) is 0 Å². The Hall–Kier alpha value is -3.43. The van der Waals surface area contributed by atoms with Crippen molar-refractivity contribution in [3.63, 3.8) is 0 Å². The van der Waals surface area contributed by atoms with E-state index in [0.29, 0.717) is 0 Å². The molecule has 0 bridgehead atoms. The Bertz CT molecular complexity index is 643. The van der Waals surface area contributed by atoms with Crippen molar-refractivity contribution >= 4 is 29.3 Å². The number of hydrogen-bond donors (Lipinski definition) is 5. The number of carbonyl (C=O) groups excluding carboxylic acids is 1. The smallest absolute Gasteiger partial charge is 0.335 e. The van der Waals surface area contributed by atoms with Gasteiger partial charge in [-0.05, 0) is 35.9 Å². The van der Waals surface area contributed by atoms with Crippen molar-refractivity contribution < 1.29 is 40.5 Å². The SMILES string of the molecule is CO.Nc1ccc([NH3+])cc1.O=C([O-])c1cc(C(=O)O)cc(C(=O)O)c1. The molecule has 0 aliphatic rings. The molecular formula is C16H18N2O7. The quantitative estimate of drug-likeness (QED) is 0.444. The number of nitrogens with two attached hydrogens (primary N) is 1. The summed E-state index contributed by atoms with van der Waals surface area (Å²) >= 11 is 0. The molecule has 0 spiro atoms. The number of carboxylic acids is 3. The molecule has 9 heteroatoms. The van der Waals surface area contributed by atoms with E-state index >= 15 is 0 Å². The second kappa shape index (κ2) is 10.4. The number of anilines is 1. The Kier molecular flexibility index (Phi) is 8.94. The summed E-state index contributed by atoms with van der Waals surface area (Å²) < 4.78 is 0. The van der Waals surface area contributed by atoms with Crippen molar-refractivity contribution in [1.82, 2.24) is 0 Å². The van der Waals surface area contributed by atoms with Gasteiger partial charge < -0.3 is 36.7 Å². The molecule has 25 heavy (non-hydrogen) atoms. The van der Waals surface area contributed by atoms with Gasteiger partial charge in [0.1, 0.15) is 5.69 Å². The van der Waals surface area contributed by atoms with Crippen molar-refractivity contribution in [3.05, 3.63) is 59.2 Å². The van der Waals surface area contributed by atoms with E-state index < -0.39 is 34.6 Å². The van der Waals surface area contributed by atoms with Crippen LogP contribution in [0.2, 0.25) is 0 Å². The van der Waals surface area contributed by atoms with Crippen LogP contribution in [0.15, 0.2) is 42.5 Å². The Labute approximate surface area is 142 Å². The van der Waals surface area contributed by atoms with E-state index in [4.69, 9.17) is 21.1 Å². The lowest BCUT2D eigenvalue weighted by Crippen LogP contribution is -2.39. The molecule has 0 amide bonds. The van der Waals surface area contributed by atoms with Gasteiger partial charge in [0.15, 0.2) is 0 Å². The van der Waals surface area contributed by atoms with E-state index in [2.05, 4.69) is 5.73 Å². The molecule has 0 unspecified atom stereocenters. The monoisotopic (exact) mass is 350 g/mol. The number of quaternary nitrogens is 1. The number of carboxylic acid groups (broad SMARTS) is 3. The molecule has 0 aliphatic heterocycles. The Morgan fingerprint density at radius 1 is 0.880 bits per heavy atom. The highest BCUT2D eigenvalue weighted by Gasteiger charge is 2.11. The molecule has 2 aromatic rings. The van der Waals surface area contributed by atoms with Crippen LogP contribution in [-0.4, -0.2) is 40.3 Å². The summed E-state index contributed by atoms with van der Waals surface area (Å²) in [6, 6.07) is 9.99. The second-order valence-electron chi connectivity index (χ2n) is 4.44. The van der Waals surface area contributed by atoms with Crippen LogP contribution >= 0.6 is 0 Å². The molecule has 0 aliphatic carbocycles. The Balaban J connectivity index is 0.000000483. The first kappa shape index (κ1) is 21.6. The summed E-state index contributed by atoms with van der Waals surface area (Å²) in [4.78, 5) is 31.5. The van der Waals surface area contributed by atoms with Gasteiger partial charge in [-0.1, -0.05) is 0 Å². The van der Waals surface area contributed by atoms with E-state index in [1.165, 1.54) is 0 Å². The first-order chi connectivity index (χ1) is 11.7. The average molecular weight is 350 g/mol. The maximum Gasteiger partial charge on any atom is 0.335 e. The number of benzene rings is 2. The predicted molar refractivity (Wildman–Crippen MR) is 86.2 cm³/mol. The zero-order chi connectivity index (χ0) is 19.6. The molecule has 0 saturated heterocycles. The van der Waals surface area contributed by atoms with Gasteiger partial charge in [-0.3, -0.25) is 0 Å². The van der Waals surface area contributed by atoms with Crippen molar-refractivity contribution in [2.24, 2.45) is 0 Å². The van der Waals surface area contributed by atoms with Crippen molar-refractivity contribution in [2.45, 2.75) is 0 Å². The second-order valence-corrected chi connectivity index (χ2v) is 4.44. The first-order valence-corrected chi connectivity index (χ1v) is 6.66. The van der Waals surface area contributed by atoms with E-state index in [0.717, 1.165) is 36.7 Å². The van der Waals surface area contributed by atoms with Crippen LogP contribution in [0.3, 0.4) is 0 Å². The zero-order valence-electron chi connectivity index (χ0n) is 13.3. The Morgan fingerprint density at radius 2 is 1.24 bits per heavy atom. The summed E-state index contributed by atoms with van der Waals surface area (Å²) in [7, 11) is 1.00. The lowest BCUT2D eigenvalue weighted by Gasteiger charge is -2.05. The van der Waals surface area contributed by atoms with Gasteiger partial charge in [0.25, 0.3) is 0 Å². The number of rotatable bonds is 3. The third-order valence-corrected chi connectivity index (χ3v) is 2.64. The van der Waals surface area contributed by atoms with Gasteiger partial charge in [0.05, 0.1) is 17.1 Å². The van der Waals surface area contributed by atoms with Gasteiger partial charge in [-0.2, -0.15) is 0 Å². The molecule has 8 N–H and O–H groups in total. The lowest BCUT2D eigenvalue weighted by molar-refractivity contribution is -0.255. The van der Waals surface area contributed by atoms with Gasteiger partial charge >= 0.3 is 11.9 Å². The molecule has 134 valence electrons. The standard InChI is InChI=1S/C9H6O6.C6H8N2.CH4O/c10-7(11)4-1-5(8(12)13)3-6(2-4)9(14)15;7-5-1-2-6(8)4-3-5;1-2/h1-3H,(H,10,11)(H,12,13)(H,14,15);1-4H,7-8H2;2H,1H3. The highest BCUT2D eigenvalue weighted by Crippen LogP contribution is 2.10. The molecule has 0 fully saturated rings. The molecule has 0 atom stereocenters. The third kappa shape index (κ3) is 7.59. The lowest BCUT2D eigenvalue weighted by atomic mass is 10.1. The van der Waals surface area contributed by atoms with Crippen LogP contribution in [0.25, 0.3) is 0 Å². The van der Waals surface area contributed by atoms with Crippen molar-refractivity contribution in [2.75, 3.05) is 12.8 Å². The summed E-state index contributed by atoms with van der Waals surface area (Å²) in [6.45, 7) is 0. The van der Waals surface area contributed by atoms with Gasteiger partial charge in [-0.15, -0.1) is 0 Å². The van der Waals surface area contributed by atoms with Gasteiger partial charge in [0, 0.05) is 24.9 Å². The van der Waals surface area contributed by atoms with E-state index in [-0.39, 0.29) is 0 Å². The molecule has 2 aromatic carbocycles. The number of carbonyl (C=O) groups is 3. The van der Waals surface area contributed by atoms with Crippen LogP contribution in [0, 0.1) is 0 Å². The molecule has 0 saturated carbocycles. The number of hydrogen-bond acceptors (Lipinski definition) is 6. The van der Waals surface area contributed by atoms with Gasteiger partial charge in [-0.25, -0.2) is 9.59 Å². The van der Waals surface area contributed by atoms with E-state index in [9.17, 15) is 19.5 Å². The maximum atomic E-state index is 10.5. The highest BCUT2D eigenvalue weighted by atomic mass is 16.4. The van der Waals surface area contributed by atoms with Crippen molar-refractivity contribution in [3.8, 4) is 0 Å². The number of aliphatic hydroxyl groups is 1. The average Bonchev–Trinajstić information content (AvgIpc) is 2.59. The molecular weight excluding hydrogens is 332 g/mol. The fourth-order valence-electron chi connectivity index (χ4n) is 1.51. The molecule has 2 rings (SSSR count). The predicted octanol–water partition coefficient (Wildman–Crippen LogP) is -0.803. The minimum absolute atomic E-state index is 0.408. The minimum atomic E-state index is -1.62. The minimum Gasteiger partial charge on any atom is -0.545 e. The van der Waals surface area contributed by atoms with Gasteiger partial charge in [0.2, 0.25) is 0 Å². The number of nitrogen functional groups attached to an aromatic ring is 1. The molecule has 9 nitrogen and oxygen atoms in total. The normalized spacial score (nSPS) is 8.92. The fraction of sp³-hybridized carbons (Fsp3) is 0.0625.